The lowest BCUT2D eigenvalue weighted by molar-refractivity contribution is -0.129. The molecule has 2 unspecified atom stereocenters. The summed E-state index contributed by atoms with van der Waals surface area (Å²) in [6.45, 7) is 10.5. The molecule has 0 spiro atoms. The maximum absolute atomic E-state index is 12.3. The van der Waals surface area contributed by atoms with Crippen molar-refractivity contribution in [2.45, 2.75) is 52.1 Å². The predicted molar refractivity (Wildman–Crippen MR) is 73.2 cm³/mol. The van der Waals surface area contributed by atoms with E-state index in [1.54, 1.807) is 0 Å². The number of hydrogen-bond donors (Lipinski definition) is 1. The van der Waals surface area contributed by atoms with Crippen LogP contribution in [0.1, 0.15) is 40.0 Å². The van der Waals surface area contributed by atoms with Crippen LogP contribution in [-0.2, 0) is 4.79 Å². The van der Waals surface area contributed by atoms with Gasteiger partial charge in [0.1, 0.15) is 0 Å². The molecule has 1 amide bonds. The molecular formula is C14H27N3O. The first kappa shape index (κ1) is 13.8. The maximum atomic E-state index is 12.3. The first-order valence-electron chi connectivity index (χ1n) is 7.38. The van der Waals surface area contributed by atoms with Crippen LogP contribution in [0, 0.1) is 5.92 Å². The van der Waals surface area contributed by atoms with Gasteiger partial charge in [0.2, 0.25) is 5.91 Å². The van der Waals surface area contributed by atoms with E-state index in [2.05, 4.69) is 31.0 Å². The molecule has 0 aliphatic carbocycles. The lowest BCUT2D eigenvalue weighted by Gasteiger charge is -2.27. The topological polar surface area (TPSA) is 35.6 Å². The van der Waals surface area contributed by atoms with E-state index < -0.39 is 0 Å². The van der Waals surface area contributed by atoms with Crippen LogP contribution >= 0.6 is 0 Å². The van der Waals surface area contributed by atoms with E-state index in [1.807, 2.05) is 4.90 Å². The highest BCUT2D eigenvalue weighted by atomic mass is 16.2. The SMILES string of the molecule is CCN1CCCC1CN1CNC(CC(C)C)C1=O. The summed E-state index contributed by atoms with van der Waals surface area (Å²) in [5, 5.41) is 3.35. The number of nitrogens with one attached hydrogen (secondary N) is 1. The molecule has 104 valence electrons. The van der Waals surface area contributed by atoms with Gasteiger partial charge in [-0.15, -0.1) is 0 Å². The number of carbonyl (C=O) groups is 1. The van der Waals surface area contributed by atoms with Gasteiger partial charge in [-0.1, -0.05) is 20.8 Å². The third-order valence-corrected chi connectivity index (χ3v) is 4.18. The van der Waals surface area contributed by atoms with Gasteiger partial charge in [0, 0.05) is 12.6 Å². The summed E-state index contributed by atoms with van der Waals surface area (Å²) in [6.07, 6.45) is 3.48. The van der Waals surface area contributed by atoms with Crippen molar-refractivity contribution in [3.8, 4) is 0 Å². The van der Waals surface area contributed by atoms with Gasteiger partial charge in [-0.2, -0.15) is 0 Å². The molecule has 2 aliphatic rings. The molecule has 0 aromatic rings. The van der Waals surface area contributed by atoms with Crippen LogP contribution in [0.25, 0.3) is 0 Å². The molecule has 0 aromatic carbocycles. The van der Waals surface area contributed by atoms with Gasteiger partial charge >= 0.3 is 0 Å². The molecular weight excluding hydrogens is 226 g/mol. The zero-order chi connectivity index (χ0) is 13.1. The van der Waals surface area contributed by atoms with Crippen LogP contribution in [0.5, 0.6) is 0 Å². The average Bonchev–Trinajstić information content (AvgIpc) is 2.90. The lowest BCUT2D eigenvalue weighted by atomic mass is 10.0. The minimum Gasteiger partial charge on any atom is -0.327 e. The molecule has 2 fully saturated rings. The highest BCUT2D eigenvalue weighted by Gasteiger charge is 2.34. The number of rotatable bonds is 5. The van der Waals surface area contributed by atoms with E-state index >= 15 is 0 Å². The highest BCUT2D eigenvalue weighted by molar-refractivity contribution is 5.83. The Balaban J connectivity index is 1.85. The molecule has 4 heteroatoms. The number of nitrogens with zero attached hydrogens (tertiary/aromatic N) is 2. The van der Waals surface area contributed by atoms with Crippen LogP contribution in [0.3, 0.4) is 0 Å². The third kappa shape index (κ3) is 3.04. The van der Waals surface area contributed by atoms with Gasteiger partial charge in [0.25, 0.3) is 0 Å². The van der Waals surface area contributed by atoms with Crippen LogP contribution in [-0.4, -0.2) is 54.1 Å². The highest BCUT2D eigenvalue weighted by Crippen LogP contribution is 2.20. The normalized spacial score (nSPS) is 29.8. The van der Waals surface area contributed by atoms with Crippen molar-refractivity contribution in [2.24, 2.45) is 5.92 Å². The Bertz CT molecular complexity index is 293. The molecule has 2 saturated heterocycles. The van der Waals surface area contributed by atoms with Crippen LogP contribution in [0.4, 0.5) is 0 Å². The maximum Gasteiger partial charge on any atom is 0.240 e. The summed E-state index contributed by atoms with van der Waals surface area (Å²) < 4.78 is 0. The summed E-state index contributed by atoms with van der Waals surface area (Å²) in [5.74, 6) is 0.886. The molecule has 1 N–H and O–H groups in total. The summed E-state index contributed by atoms with van der Waals surface area (Å²) >= 11 is 0. The zero-order valence-corrected chi connectivity index (χ0v) is 12.0. The standard InChI is InChI=1S/C14H27N3O/c1-4-16-7-5-6-12(16)9-17-10-15-13(14(17)18)8-11(2)3/h11-13,15H,4-10H2,1-3H3. The zero-order valence-electron chi connectivity index (χ0n) is 12.0. The van der Waals surface area contributed by atoms with Crippen molar-refractivity contribution >= 4 is 5.91 Å². The quantitative estimate of drug-likeness (QED) is 0.801. The molecule has 0 radical (unpaired) electrons. The number of likely N-dealkylation sites (tertiary alicyclic amines) is 1. The van der Waals surface area contributed by atoms with E-state index in [9.17, 15) is 4.79 Å². The van der Waals surface area contributed by atoms with Crippen molar-refractivity contribution < 1.29 is 4.79 Å². The average molecular weight is 253 g/mol. The third-order valence-electron chi connectivity index (χ3n) is 4.18. The van der Waals surface area contributed by atoms with Gasteiger partial charge in [0.05, 0.1) is 12.7 Å². The Morgan fingerprint density at radius 1 is 1.44 bits per heavy atom. The number of carbonyl (C=O) groups excluding carboxylic acids is 1. The van der Waals surface area contributed by atoms with E-state index in [1.165, 1.54) is 19.4 Å². The van der Waals surface area contributed by atoms with Crippen LogP contribution < -0.4 is 5.32 Å². The number of hydrogen-bond acceptors (Lipinski definition) is 3. The van der Waals surface area contributed by atoms with E-state index in [0.717, 1.165) is 26.2 Å². The summed E-state index contributed by atoms with van der Waals surface area (Å²) in [7, 11) is 0. The molecule has 2 rings (SSSR count). The fourth-order valence-electron chi connectivity index (χ4n) is 3.19. The molecule has 0 aromatic heterocycles. The summed E-state index contributed by atoms with van der Waals surface area (Å²) in [5.41, 5.74) is 0. The number of likely N-dealkylation sites (N-methyl/N-ethyl adjacent to an activating group) is 1. The fourth-order valence-corrected chi connectivity index (χ4v) is 3.19. The Morgan fingerprint density at radius 2 is 2.22 bits per heavy atom. The van der Waals surface area contributed by atoms with Crippen LogP contribution in [0.15, 0.2) is 0 Å². The Labute approximate surface area is 111 Å². The minimum atomic E-state index is 0.0569. The molecule has 2 heterocycles. The Morgan fingerprint density at radius 3 is 2.89 bits per heavy atom. The molecule has 2 aliphatic heterocycles. The predicted octanol–water partition coefficient (Wildman–Crippen LogP) is 1.27. The van der Waals surface area contributed by atoms with Gasteiger partial charge in [-0.05, 0) is 38.3 Å². The summed E-state index contributed by atoms with van der Waals surface area (Å²) in [4.78, 5) is 16.8. The second kappa shape index (κ2) is 6.02. The van der Waals surface area contributed by atoms with Crippen molar-refractivity contribution in [1.82, 2.24) is 15.1 Å². The second-order valence-corrected chi connectivity index (χ2v) is 6.03. The second-order valence-electron chi connectivity index (χ2n) is 6.03. The first-order chi connectivity index (χ1) is 8.61. The number of amides is 1. The van der Waals surface area contributed by atoms with E-state index in [0.29, 0.717) is 17.9 Å². The molecule has 0 bridgehead atoms. The fraction of sp³-hybridized carbons (Fsp3) is 0.929. The smallest absolute Gasteiger partial charge is 0.240 e. The van der Waals surface area contributed by atoms with Crippen LogP contribution in [0.2, 0.25) is 0 Å². The minimum absolute atomic E-state index is 0.0569. The molecule has 4 nitrogen and oxygen atoms in total. The van der Waals surface area contributed by atoms with Crippen molar-refractivity contribution in [3.63, 3.8) is 0 Å². The lowest BCUT2D eigenvalue weighted by Crippen LogP contribution is -2.42. The molecule has 0 saturated carbocycles. The summed E-state index contributed by atoms with van der Waals surface area (Å²) in [6, 6.07) is 0.639. The Kier molecular flexibility index (Phi) is 4.62. The van der Waals surface area contributed by atoms with Gasteiger partial charge in [-0.3, -0.25) is 15.0 Å². The van der Waals surface area contributed by atoms with Crippen molar-refractivity contribution in [2.75, 3.05) is 26.3 Å². The largest absolute Gasteiger partial charge is 0.327 e. The van der Waals surface area contributed by atoms with Crippen molar-refractivity contribution in [1.29, 1.82) is 0 Å². The molecule has 18 heavy (non-hydrogen) atoms. The van der Waals surface area contributed by atoms with Gasteiger partial charge in [-0.25, -0.2) is 0 Å². The molecule has 2 atom stereocenters. The van der Waals surface area contributed by atoms with E-state index in [-0.39, 0.29) is 6.04 Å². The van der Waals surface area contributed by atoms with Gasteiger partial charge < -0.3 is 4.90 Å². The first-order valence-corrected chi connectivity index (χ1v) is 7.38. The Hall–Kier alpha value is -0.610. The van der Waals surface area contributed by atoms with Gasteiger partial charge in [0.15, 0.2) is 0 Å². The van der Waals surface area contributed by atoms with Crippen molar-refractivity contribution in [3.05, 3.63) is 0 Å². The monoisotopic (exact) mass is 253 g/mol. The van der Waals surface area contributed by atoms with E-state index in [4.69, 9.17) is 0 Å².